The van der Waals surface area contributed by atoms with Crippen LogP contribution in [0.2, 0.25) is 0 Å². The Morgan fingerprint density at radius 2 is 2.00 bits per heavy atom. The fraction of sp³-hybridized carbons (Fsp3) is 0.833. The molecule has 1 atom stereocenters. The molecule has 0 unspecified atom stereocenters. The third kappa shape index (κ3) is 6.78. The predicted molar refractivity (Wildman–Crippen MR) is 50.6 cm³/mol. The molecular weight excluding hydrogens is 210 g/mol. The number of carboxylic acid groups (broad SMARTS) is 1. The van der Waals surface area contributed by atoms with E-state index >= 15 is 0 Å². The van der Waals surface area contributed by atoms with Gasteiger partial charge in [0.2, 0.25) is 0 Å². The Labute approximate surface area is 82.6 Å². The van der Waals surface area contributed by atoms with Gasteiger partial charge in [0.1, 0.15) is 6.04 Å². The number of hydrogen-bond donors (Lipinski definition) is 4. The second-order valence-corrected chi connectivity index (χ2v) is 4.16. The van der Waals surface area contributed by atoms with E-state index in [9.17, 15) is 13.2 Å². The molecule has 0 fully saturated rings. The summed E-state index contributed by atoms with van der Waals surface area (Å²) in [6.07, 6.45) is 1.37. The fourth-order valence-corrected chi connectivity index (χ4v) is 1.54. The molecule has 0 heterocycles. The summed E-state index contributed by atoms with van der Waals surface area (Å²) in [6.45, 7) is 0.446. The van der Waals surface area contributed by atoms with E-state index in [1.807, 2.05) is 4.72 Å². The van der Waals surface area contributed by atoms with Crippen LogP contribution >= 0.6 is 0 Å². The van der Waals surface area contributed by atoms with Gasteiger partial charge >= 0.3 is 5.97 Å². The van der Waals surface area contributed by atoms with Crippen molar-refractivity contribution in [1.82, 2.24) is 4.72 Å². The van der Waals surface area contributed by atoms with Gasteiger partial charge in [-0.2, -0.15) is 13.1 Å². The zero-order chi connectivity index (χ0) is 11.2. The Morgan fingerprint density at radius 1 is 1.43 bits per heavy atom. The normalized spacial score (nSPS) is 13.9. The molecule has 0 amide bonds. The molecule has 0 bridgehead atoms. The lowest BCUT2D eigenvalue weighted by Gasteiger charge is -2.11. The average molecular weight is 225 g/mol. The van der Waals surface area contributed by atoms with Crippen LogP contribution in [0.4, 0.5) is 0 Å². The molecule has 0 rings (SSSR count). The van der Waals surface area contributed by atoms with Gasteiger partial charge in [-0.1, -0.05) is 6.42 Å². The van der Waals surface area contributed by atoms with Crippen LogP contribution < -0.4 is 15.6 Å². The molecule has 6 N–H and O–H groups in total. The maximum atomic E-state index is 10.6. The maximum Gasteiger partial charge on any atom is 0.321 e. The van der Waals surface area contributed by atoms with Crippen LogP contribution in [-0.2, 0) is 15.0 Å². The molecule has 0 aliphatic carbocycles. The molecule has 0 aliphatic rings. The van der Waals surface area contributed by atoms with Gasteiger partial charge in [-0.25, -0.2) is 5.14 Å². The number of nitrogens with one attached hydrogen (secondary N) is 1. The van der Waals surface area contributed by atoms with E-state index in [0.29, 0.717) is 19.4 Å². The molecule has 14 heavy (non-hydrogen) atoms. The summed E-state index contributed by atoms with van der Waals surface area (Å²) in [7, 11) is -3.97. The molecule has 0 aromatic rings. The van der Waals surface area contributed by atoms with Crippen molar-refractivity contribution in [3.63, 3.8) is 0 Å². The predicted octanol–water partition coefficient (Wildman–Crippen LogP) is -1.64. The van der Waals surface area contributed by atoms with Gasteiger partial charge in [0, 0.05) is 0 Å². The molecule has 0 aromatic heterocycles. The summed E-state index contributed by atoms with van der Waals surface area (Å²) in [5.74, 6) is -1.24. The van der Waals surface area contributed by atoms with Crippen molar-refractivity contribution in [2.45, 2.75) is 25.3 Å². The molecule has 8 heteroatoms. The molecule has 0 spiro atoms. The number of carbonyl (C=O) groups is 1. The van der Waals surface area contributed by atoms with Gasteiger partial charge in [-0.3, -0.25) is 4.79 Å². The first-order valence-corrected chi connectivity index (χ1v) is 5.64. The van der Waals surface area contributed by atoms with Crippen molar-refractivity contribution in [3.05, 3.63) is 0 Å². The second-order valence-electron chi connectivity index (χ2n) is 2.84. The van der Waals surface area contributed by atoms with E-state index in [4.69, 9.17) is 10.8 Å². The number of rotatable bonds is 7. The highest BCUT2D eigenvalue weighted by Gasteiger charge is 2.20. The highest BCUT2D eigenvalue weighted by molar-refractivity contribution is 7.87. The third-order valence-corrected chi connectivity index (χ3v) is 2.16. The Balaban J connectivity index is 4.11. The SMILES string of the molecule is NCCCC[C@H](NS(N)(=O)=O)C(=O)O. The Hall–Kier alpha value is -0.700. The number of hydrogen-bond acceptors (Lipinski definition) is 4. The summed E-state index contributed by atoms with van der Waals surface area (Å²) >= 11 is 0. The molecule has 0 saturated carbocycles. The molecular formula is C6H15N3O4S. The van der Waals surface area contributed by atoms with E-state index < -0.39 is 22.2 Å². The standard InChI is InChI=1S/C6H15N3O4S/c7-4-2-1-3-5(6(10)11)9-14(8,12)13/h5,9H,1-4,7H2,(H,10,11)(H2,8,12,13)/t5-/m0/s1. The van der Waals surface area contributed by atoms with Crippen LogP contribution in [0.15, 0.2) is 0 Å². The van der Waals surface area contributed by atoms with Crippen molar-refractivity contribution in [3.8, 4) is 0 Å². The van der Waals surface area contributed by atoms with Crippen LogP contribution in [0.5, 0.6) is 0 Å². The summed E-state index contributed by atoms with van der Waals surface area (Å²) in [4.78, 5) is 10.6. The third-order valence-electron chi connectivity index (χ3n) is 1.55. The van der Waals surface area contributed by atoms with Crippen molar-refractivity contribution in [2.24, 2.45) is 10.9 Å². The van der Waals surface area contributed by atoms with Gasteiger partial charge in [0.25, 0.3) is 10.2 Å². The largest absolute Gasteiger partial charge is 0.480 e. The van der Waals surface area contributed by atoms with Gasteiger partial charge < -0.3 is 10.8 Å². The van der Waals surface area contributed by atoms with Gasteiger partial charge in [-0.15, -0.1) is 0 Å². The maximum absolute atomic E-state index is 10.6. The average Bonchev–Trinajstić information content (AvgIpc) is 2.00. The molecule has 0 aliphatic heterocycles. The first-order valence-electron chi connectivity index (χ1n) is 4.09. The monoisotopic (exact) mass is 225 g/mol. The zero-order valence-corrected chi connectivity index (χ0v) is 8.46. The molecule has 7 nitrogen and oxygen atoms in total. The van der Waals surface area contributed by atoms with Crippen molar-refractivity contribution in [2.75, 3.05) is 6.54 Å². The van der Waals surface area contributed by atoms with Crippen LogP contribution in [0.3, 0.4) is 0 Å². The first-order chi connectivity index (χ1) is 6.37. The quantitative estimate of drug-likeness (QED) is 0.385. The second kappa shape index (κ2) is 5.91. The molecule has 0 radical (unpaired) electrons. The number of unbranched alkanes of at least 4 members (excludes halogenated alkanes) is 1. The van der Waals surface area contributed by atoms with Crippen molar-refractivity contribution >= 4 is 16.2 Å². The number of carboxylic acids is 1. The summed E-state index contributed by atoms with van der Waals surface area (Å²) < 4.78 is 22.9. The minimum atomic E-state index is -3.97. The van der Waals surface area contributed by atoms with Gasteiger partial charge in [-0.05, 0) is 19.4 Å². The summed E-state index contributed by atoms with van der Waals surface area (Å²) in [6, 6.07) is -1.17. The Bertz CT molecular complexity index is 277. The van der Waals surface area contributed by atoms with E-state index in [1.165, 1.54) is 0 Å². The van der Waals surface area contributed by atoms with Crippen LogP contribution in [0, 0.1) is 0 Å². The highest BCUT2D eigenvalue weighted by Crippen LogP contribution is 2.01. The topological polar surface area (TPSA) is 136 Å². The van der Waals surface area contributed by atoms with Gasteiger partial charge in [0.05, 0.1) is 0 Å². The molecule has 0 saturated heterocycles. The summed E-state index contributed by atoms with van der Waals surface area (Å²) in [5, 5.41) is 13.3. The Kier molecular flexibility index (Phi) is 5.62. The van der Waals surface area contributed by atoms with Crippen LogP contribution in [-0.4, -0.2) is 32.1 Å². The van der Waals surface area contributed by atoms with E-state index in [-0.39, 0.29) is 6.42 Å². The summed E-state index contributed by atoms with van der Waals surface area (Å²) in [5.41, 5.74) is 5.21. The van der Waals surface area contributed by atoms with Crippen LogP contribution in [0.25, 0.3) is 0 Å². The van der Waals surface area contributed by atoms with E-state index in [1.54, 1.807) is 0 Å². The minimum absolute atomic E-state index is 0.183. The van der Waals surface area contributed by atoms with E-state index in [0.717, 1.165) is 0 Å². The molecule has 0 aromatic carbocycles. The van der Waals surface area contributed by atoms with Crippen molar-refractivity contribution < 1.29 is 18.3 Å². The lowest BCUT2D eigenvalue weighted by molar-refractivity contribution is -0.139. The lowest BCUT2D eigenvalue weighted by atomic mass is 10.1. The minimum Gasteiger partial charge on any atom is -0.480 e. The smallest absolute Gasteiger partial charge is 0.321 e. The van der Waals surface area contributed by atoms with E-state index in [2.05, 4.69) is 5.14 Å². The molecule has 84 valence electrons. The first kappa shape index (κ1) is 13.3. The van der Waals surface area contributed by atoms with Gasteiger partial charge in [0.15, 0.2) is 0 Å². The van der Waals surface area contributed by atoms with Crippen molar-refractivity contribution in [1.29, 1.82) is 0 Å². The highest BCUT2D eigenvalue weighted by atomic mass is 32.2. The number of aliphatic carboxylic acids is 1. The fourth-order valence-electron chi connectivity index (χ4n) is 0.924. The lowest BCUT2D eigenvalue weighted by Crippen LogP contribution is -2.44. The number of nitrogens with two attached hydrogens (primary N) is 2. The zero-order valence-electron chi connectivity index (χ0n) is 7.64. The van der Waals surface area contributed by atoms with Crippen LogP contribution in [0.1, 0.15) is 19.3 Å². The Morgan fingerprint density at radius 3 is 2.36 bits per heavy atom.